The molecule has 136 valence electrons. The molecule has 1 aromatic carbocycles. The number of ether oxygens (including phenoxy) is 2. The molecule has 0 radical (unpaired) electrons. The van der Waals surface area contributed by atoms with Crippen molar-refractivity contribution in [3.63, 3.8) is 0 Å². The summed E-state index contributed by atoms with van der Waals surface area (Å²) in [7, 11) is 0. The number of hydrogen-bond acceptors (Lipinski definition) is 4. The molecule has 2 aliphatic rings. The molecule has 1 unspecified atom stereocenters. The van der Waals surface area contributed by atoms with Gasteiger partial charge in [-0.3, -0.25) is 9.59 Å². The molecule has 2 amide bonds. The molecule has 1 atom stereocenters. The average molecular weight is 346 g/mol. The zero-order chi connectivity index (χ0) is 17.6. The van der Waals surface area contributed by atoms with Crippen LogP contribution in [0.25, 0.3) is 0 Å². The van der Waals surface area contributed by atoms with Crippen molar-refractivity contribution in [2.75, 3.05) is 44.4 Å². The van der Waals surface area contributed by atoms with E-state index in [9.17, 15) is 9.59 Å². The normalized spacial score (nSPS) is 21.0. The molecule has 0 spiro atoms. The summed E-state index contributed by atoms with van der Waals surface area (Å²) >= 11 is 0. The molecule has 0 N–H and O–H groups in total. The first-order chi connectivity index (χ1) is 12.1. The highest BCUT2D eigenvalue weighted by Gasteiger charge is 2.31. The number of aryl methyl sites for hydroxylation is 1. The van der Waals surface area contributed by atoms with Crippen LogP contribution < -0.4 is 4.90 Å². The van der Waals surface area contributed by atoms with Crippen molar-refractivity contribution < 1.29 is 19.1 Å². The van der Waals surface area contributed by atoms with Crippen molar-refractivity contribution in [2.24, 2.45) is 0 Å². The van der Waals surface area contributed by atoms with E-state index in [0.717, 1.165) is 43.6 Å². The topological polar surface area (TPSA) is 59.1 Å². The third-order valence-electron chi connectivity index (χ3n) is 4.71. The number of amides is 2. The molecule has 0 saturated carbocycles. The van der Waals surface area contributed by atoms with Gasteiger partial charge in [0.25, 0.3) is 5.91 Å². The summed E-state index contributed by atoms with van der Waals surface area (Å²) < 4.78 is 10.9. The minimum absolute atomic E-state index is 0.00893. The Morgan fingerprint density at radius 3 is 2.48 bits per heavy atom. The van der Waals surface area contributed by atoms with Gasteiger partial charge in [-0.05, 0) is 38.3 Å². The Bertz CT molecular complexity index is 590. The summed E-state index contributed by atoms with van der Waals surface area (Å²) in [4.78, 5) is 29.0. The van der Waals surface area contributed by atoms with Crippen molar-refractivity contribution in [2.45, 2.75) is 32.3 Å². The number of piperidine rings is 1. The second-order valence-electron chi connectivity index (χ2n) is 6.64. The van der Waals surface area contributed by atoms with Gasteiger partial charge in [0.2, 0.25) is 5.91 Å². The van der Waals surface area contributed by atoms with Crippen LogP contribution in [0, 0.1) is 6.92 Å². The Morgan fingerprint density at radius 1 is 1.12 bits per heavy atom. The summed E-state index contributed by atoms with van der Waals surface area (Å²) in [6.45, 7) is 4.72. The molecule has 2 saturated heterocycles. The monoisotopic (exact) mass is 346 g/mol. The fourth-order valence-electron chi connectivity index (χ4n) is 3.20. The van der Waals surface area contributed by atoms with Crippen LogP contribution in [0.5, 0.6) is 0 Å². The van der Waals surface area contributed by atoms with Gasteiger partial charge in [-0.25, -0.2) is 0 Å². The maximum absolute atomic E-state index is 13.0. The standard InChI is InChI=1S/C19H26N2O4/c1-15-5-7-16(8-6-15)21(19(23)17-14-24-11-12-25-17)13-18(22)20-9-3-2-4-10-20/h5-8,17H,2-4,9-14H2,1H3. The van der Waals surface area contributed by atoms with Gasteiger partial charge in [0, 0.05) is 18.8 Å². The lowest BCUT2D eigenvalue weighted by Crippen LogP contribution is -2.50. The third-order valence-corrected chi connectivity index (χ3v) is 4.71. The molecular weight excluding hydrogens is 320 g/mol. The van der Waals surface area contributed by atoms with Crippen molar-refractivity contribution in [1.29, 1.82) is 0 Å². The van der Waals surface area contributed by atoms with Crippen molar-refractivity contribution >= 4 is 17.5 Å². The van der Waals surface area contributed by atoms with E-state index in [4.69, 9.17) is 9.47 Å². The minimum atomic E-state index is -0.649. The Morgan fingerprint density at radius 2 is 1.84 bits per heavy atom. The molecule has 2 fully saturated rings. The number of likely N-dealkylation sites (tertiary alicyclic amines) is 1. The van der Waals surface area contributed by atoms with E-state index in [0.29, 0.717) is 13.2 Å². The van der Waals surface area contributed by atoms with Crippen LogP contribution in [0.3, 0.4) is 0 Å². The Hall–Kier alpha value is -1.92. The first-order valence-corrected chi connectivity index (χ1v) is 9.00. The number of nitrogens with zero attached hydrogens (tertiary/aromatic N) is 2. The molecule has 1 aromatic rings. The molecular formula is C19H26N2O4. The van der Waals surface area contributed by atoms with Gasteiger partial charge in [0.15, 0.2) is 6.10 Å². The van der Waals surface area contributed by atoms with Crippen LogP contribution in [0.15, 0.2) is 24.3 Å². The van der Waals surface area contributed by atoms with E-state index >= 15 is 0 Å². The summed E-state index contributed by atoms with van der Waals surface area (Å²) in [5.74, 6) is -0.223. The van der Waals surface area contributed by atoms with E-state index in [1.807, 2.05) is 36.1 Å². The minimum Gasteiger partial charge on any atom is -0.376 e. The lowest BCUT2D eigenvalue weighted by Gasteiger charge is -2.32. The molecule has 2 aliphatic heterocycles. The predicted molar refractivity (Wildman–Crippen MR) is 94.5 cm³/mol. The first-order valence-electron chi connectivity index (χ1n) is 9.00. The fourth-order valence-corrected chi connectivity index (χ4v) is 3.20. The lowest BCUT2D eigenvalue weighted by atomic mass is 10.1. The maximum atomic E-state index is 13.0. The van der Waals surface area contributed by atoms with Crippen LogP contribution in [-0.4, -0.2) is 62.3 Å². The van der Waals surface area contributed by atoms with Crippen LogP contribution in [-0.2, 0) is 19.1 Å². The Balaban J connectivity index is 1.76. The van der Waals surface area contributed by atoms with Gasteiger partial charge in [0.05, 0.1) is 19.8 Å². The molecule has 0 aliphatic carbocycles. The summed E-state index contributed by atoms with van der Waals surface area (Å²) in [6, 6.07) is 7.64. The van der Waals surface area contributed by atoms with Gasteiger partial charge in [0.1, 0.15) is 6.54 Å². The Kier molecular flexibility index (Phi) is 6.04. The number of carbonyl (C=O) groups is 2. The third kappa shape index (κ3) is 4.58. The quantitative estimate of drug-likeness (QED) is 0.833. The van der Waals surface area contributed by atoms with Crippen molar-refractivity contribution in [3.8, 4) is 0 Å². The van der Waals surface area contributed by atoms with Crippen molar-refractivity contribution in [1.82, 2.24) is 4.90 Å². The predicted octanol–water partition coefficient (Wildman–Crippen LogP) is 1.76. The second-order valence-corrected chi connectivity index (χ2v) is 6.64. The summed E-state index contributed by atoms with van der Waals surface area (Å²) in [6.07, 6.45) is 2.58. The van der Waals surface area contributed by atoms with Crippen molar-refractivity contribution in [3.05, 3.63) is 29.8 Å². The fraction of sp³-hybridized carbons (Fsp3) is 0.579. The zero-order valence-corrected chi connectivity index (χ0v) is 14.8. The highest BCUT2D eigenvalue weighted by molar-refractivity contribution is 6.01. The molecule has 6 nitrogen and oxygen atoms in total. The summed E-state index contributed by atoms with van der Waals surface area (Å²) in [5, 5.41) is 0. The zero-order valence-electron chi connectivity index (χ0n) is 14.8. The average Bonchev–Trinajstić information content (AvgIpc) is 2.67. The van der Waals surface area contributed by atoms with Crippen LogP contribution in [0.2, 0.25) is 0 Å². The second kappa shape index (κ2) is 8.45. The lowest BCUT2D eigenvalue weighted by molar-refractivity contribution is -0.146. The highest BCUT2D eigenvalue weighted by atomic mass is 16.6. The van der Waals surface area contributed by atoms with E-state index in [1.165, 1.54) is 4.90 Å². The molecule has 0 aromatic heterocycles. The number of rotatable bonds is 4. The van der Waals surface area contributed by atoms with Gasteiger partial charge in [-0.1, -0.05) is 17.7 Å². The molecule has 2 heterocycles. The highest BCUT2D eigenvalue weighted by Crippen LogP contribution is 2.19. The largest absolute Gasteiger partial charge is 0.376 e. The van der Waals surface area contributed by atoms with Gasteiger partial charge >= 0.3 is 0 Å². The van der Waals surface area contributed by atoms with Gasteiger partial charge in [-0.15, -0.1) is 0 Å². The number of carbonyl (C=O) groups excluding carboxylic acids is 2. The number of benzene rings is 1. The SMILES string of the molecule is Cc1ccc(N(CC(=O)N2CCCCC2)C(=O)C2COCCO2)cc1. The van der Waals surface area contributed by atoms with E-state index < -0.39 is 6.10 Å². The van der Waals surface area contributed by atoms with Crippen LogP contribution in [0.1, 0.15) is 24.8 Å². The van der Waals surface area contributed by atoms with Crippen LogP contribution >= 0.6 is 0 Å². The number of hydrogen-bond donors (Lipinski definition) is 0. The van der Waals surface area contributed by atoms with Gasteiger partial charge in [-0.2, -0.15) is 0 Å². The Labute approximate surface area is 148 Å². The van der Waals surface area contributed by atoms with Crippen LogP contribution in [0.4, 0.5) is 5.69 Å². The van der Waals surface area contributed by atoms with E-state index in [2.05, 4.69) is 0 Å². The number of anilines is 1. The maximum Gasteiger partial charge on any atom is 0.259 e. The molecule has 25 heavy (non-hydrogen) atoms. The molecule has 3 rings (SSSR count). The summed E-state index contributed by atoms with van der Waals surface area (Å²) in [5.41, 5.74) is 1.82. The molecule has 6 heteroatoms. The molecule has 0 bridgehead atoms. The smallest absolute Gasteiger partial charge is 0.259 e. The van der Waals surface area contributed by atoms with Gasteiger partial charge < -0.3 is 19.3 Å². The van der Waals surface area contributed by atoms with E-state index in [1.54, 1.807) is 0 Å². The van der Waals surface area contributed by atoms with E-state index in [-0.39, 0.29) is 25.0 Å². The first kappa shape index (κ1) is 17.9.